The molecule has 32 heavy (non-hydrogen) atoms. The molecule has 2 aromatic carbocycles. The Morgan fingerprint density at radius 2 is 1.59 bits per heavy atom. The van der Waals surface area contributed by atoms with Crippen LogP contribution in [0, 0.1) is 6.92 Å². The zero-order valence-electron chi connectivity index (χ0n) is 19.0. The van der Waals surface area contributed by atoms with E-state index >= 15 is 0 Å². The number of likely N-dealkylation sites (N-methyl/N-ethyl adjacent to an activating group) is 1. The summed E-state index contributed by atoms with van der Waals surface area (Å²) in [5.41, 5.74) is 4.02. The monoisotopic (exact) mass is 451 g/mol. The average Bonchev–Trinajstić information content (AvgIpc) is 3.03. The van der Waals surface area contributed by atoms with Gasteiger partial charge in [0, 0.05) is 24.7 Å². The maximum Gasteiger partial charge on any atom is 0.277 e. The minimum absolute atomic E-state index is 0.194. The van der Waals surface area contributed by atoms with E-state index in [9.17, 15) is 9.59 Å². The molecule has 0 saturated carbocycles. The van der Waals surface area contributed by atoms with E-state index in [1.807, 2.05) is 62.5 Å². The molecule has 0 N–H and O–H groups in total. The number of hydrogen-bond acceptors (Lipinski definition) is 4. The predicted molar refractivity (Wildman–Crippen MR) is 128 cm³/mol. The van der Waals surface area contributed by atoms with Gasteiger partial charge in [0.1, 0.15) is 5.70 Å². The van der Waals surface area contributed by atoms with Crippen molar-refractivity contribution in [3.8, 4) is 0 Å². The highest BCUT2D eigenvalue weighted by atomic mass is 35.5. The Labute approximate surface area is 195 Å². The fourth-order valence-electron chi connectivity index (χ4n) is 4.53. The number of amides is 2. The molecule has 2 aromatic rings. The van der Waals surface area contributed by atoms with Gasteiger partial charge in [0.25, 0.3) is 11.8 Å². The Kier molecular flexibility index (Phi) is 6.68. The number of hydrogen-bond donors (Lipinski definition) is 0. The number of rotatable bonds is 6. The van der Waals surface area contributed by atoms with E-state index in [0.717, 1.165) is 42.6 Å². The maximum atomic E-state index is 13.6. The fraction of sp³-hybridized carbons (Fsp3) is 0.385. The summed E-state index contributed by atoms with van der Waals surface area (Å²) in [6, 6.07) is 15.7. The third-order valence-electron chi connectivity index (χ3n) is 6.61. The lowest BCUT2D eigenvalue weighted by Gasteiger charge is -2.36. The third-order valence-corrected chi connectivity index (χ3v) is 6.86. The minimum Gasteiger partial charge on any atom is -0.366 e. The van der Waals surface area contributed by atoms with E-state index in [1.54, 1.807) is 0 Å². The van der Waals surface area contributed by atoms with E-state index in [0.29, 0.717) is 29.3 Å². The molecule has 2 amide bonds. The average molecular weight is 452 g/mol. The number of nitrogens with zero attached hydrogens (tertiary/aromatic N) is 3. The Morgan fingerprint density at radius 3 is 2.22 bits per heavy atom. The van der Waals surface area contributed by atoms with Gasteiger partial charge in [0.15, 0.2) is 0 Å². The first-order valence-corrected chi connectivity index (χ1v) is 11.6. The van der Waals surface area contributed by atoms with Crippen molar-refractivity contribution in [2.24, 2.45) is 0 Å². The topological polar surface area (TPSA) is 43.9 Å². The molecule has 2 aliphatic rings. The molecule has 5 nitrogen and oxygen atoms in total. The van der Waals surface area contributed by atoms with Gasteiger partial charge in [-0.15, -0.1) is 0 Å². The Balaban J connectivity index is 1.63. The highest BCUT2D eigenvalue weighted by Gasteiger charge is 2.42. The van der Waals surface area contributed by atoms with Crippen LogP contribution in [0.5, 0.6) is 0 Å². The number of piperidine rings is 1. The molecule has 0 atom stereocenters. The summed E-state index contributed by atoms with van der Waals surface area (Å²) in [7, 11) is 4.09. The van der Waals surface area contributed by atoms with Crippen LogP contribution in [0.4, 0.5) is 0 Å². The molecule has 6 heteroatoms. The highest BCUT2D eigenvalue weighted by molar-refractivity contribution is 6.35. The Morgan fingerprint density at radius 1 is 0.969 bits per heavy atom. The lowest BCUT2D eigenvalue weighted by molar-refractivity contribution is -0.137. The van der Waals surface area contributed by atoms with Gasteiger partial charge in [0.2, 0.25) is 0 Å². The number of likely N-dealkylation sites (tertiary alicyclic amines) is 1. The van der Waals surface area contributed by atoms with E-state index in [4.69, 9.17) is 11.6 Å². The Hall–Kier alpha value is -2.63. The van der Waals surface area contributed by atoms with E-state index in [1.165, 1.54) is 4.90 Å². The molecule has 0 aromatic heterocycles. The summed E-state index contributed by atoms with van der Waals surface area (Å²) < 4.78 is 0. The molecule has 0 radical (unpaired) electrons. The molecule has 0 bridgehead atoms. The van der Waals surface area contributed by atoms with Gasteiger partial charge < -0.3 is 9.80 Å². The van der Waals surface area contributed by atoms with Crippen molar-refractivity contribution >= 4 is 29.0 Å². The molecule has 2 aliphatic heterocycles. The van der Waals surface area contributed by atoms with Crippen LogP contribution in [0.2, 0.25) is 5.02 Å². The van der Waals surface area contributed by atoms with Crippen LogP contribution in [-0.4, -0.2) is 66.3 Å². The molecule has 0 unspecified atom stereocenters. The first kappa shape index (κ1) is 22.6. The quantitative estimate of drug-likeness (QED) is 0.623. The molecule has 1 fully saturated rings. The van der Waals surface area contributed by atoms with Crippen molar-refractivity contribution < 1.29 is 9.59 Å². The lowest BCUT2D eigenvalue weighted by Crippen LogP contribution is -2.43. The van der Waals surface area contributed by atoms with Crippen LogP contribution in [0.3, 0.4) is 0 Å². The second kappa shape index (κ2) is 9.47. The lowest BCUT2D eigenvalue weighted by atomic mass is 9.99. The predicted octanol–water partition coefficient (Wildman–Crippen LogP) is 4.00. The van der Waals surface area contributed by atoms with Gasteiger partial charge in [-0.2, -0.15) is 0 Å². The number of aryl methyl sites for hydroxylation is 1. The minimum atomic E-state index is -0.206. The second-order valence-electron chi connectivity index (χ2n) is 8.87. The first-order valence-electron chi connectivity index (χ1n) is 11.2. The van der Waals surface area contributed by atoms with Crippen molar-refractivity contribution in [2.75, 3.05) is 33.7 Å². The van der Waals surface area contributed by atoms with Crippen LogP contribution in [0.25, 0.3) is 5.57 Å². The number of benzene rings is 2. The summed E-state index contributed by atoms with van der Waals surface area (Å²) in [5.74, 6) is -0.399. The number of carbonyl (C=O) groups excluding carboxylic acids is 2. The molecule has 2 heterocycles. The van der Waals surface area contributed by atoms with Gasteiger partial charge in [-0.3, -0.25) is 14.5 Å². The van der Waals surface area contributed by atoms with Crippen molar-refractivity contribution in [1.82, 2.24) is 14.7 Å². The van der Waals surface area contributed by atoms with Crippen molar-refractivity contribution in [2.45, 2.75) is 32.2 Å². The van der Waals surface area contributed by atoms with E-state index < -0.39 is 0 Å². The molecule has 4 rings (SSSR count). The Bertz CT molecular complexity index is 1020. The maximum absolute atomic E-state index is 13.6. The summed E-state index contributed by atoms with van der Waals surface area (Å²) in [4.78, 5) is 32.9. The number of carbonyl (C=O) groups is 2. The van der Waals surface area contributed by atoms with E-state index in [2.05, 4.69) is 16.8 Å². The van der Waals surface area contributed by atoms with Crippen LogP contribution in [-0.2, 0) is 16.0 Å². The fourth-order valence-corrected chi connectivity index (χ4v) is 4.66. The van der Waals surface area contributed by atoms with Crippen molar-refractivity contribution in [3.63, 3.8) is 0 Å². The molecular formula is C26H30ClN3O2. The standard InChI is InChI=1S/C26H30ClN3O2/c1-18-4-8-20(9-5-18)23-24(29(3)22-13-15-28(2)16-14-22)26(32)30(25(23)31)17-12-19-6-10-21(27)11-7-19/h4-11,22H,12-17H2,1-3H3. The zero-order chi connectivity index (χ0) is 22.8. The van der Waals surface area contributed by atoms with Crippen molar-refractivity contribution in [3.05, 3.63) is 75.9 Å². The number of imide groups is 1. The molecular weight excluding hydrogens is 422 g/mol. The van der Waals surface area contributed by atoms with Crippen LogP contribution < -0.4 is 0 Å². The summed E-state index contributed by atoms with van der Waals surface area (Å²) in [6.07, 6.45) is 2.55. The van der Waals surface area contributed by atoms with Crippen LogP contribution in [0.15, 0.2) is 54.2 Å². The summed E-state index contributed by atoms with van der Waals surface area (Å²) >= 11 is 5.99. The molecule has 168 valence electrons. The molecule has 0 aliphatic carbocycles. The third kappa shape index (κ3) is 4.59. The van der Waals surface area contributed by atoms with Gasteiger partial charge in [0.05, 0.1) is 5.57 Å². The highest BCUT2D eigenvalue weighted by Crippen LogP contribution is 2.33. The largest absolute Gasteiger partial charge is 0.366 e. The zero-order valence-corrected chi connectivity index (χ0v) is 19.7. The normalized spacial score (nSPS) is 18.1. The van der Waals surface area contributed by atoms with E-state index in [-0.39, 0.29) is 17.9 Å². The summed E-state index contributed by atoms with van der Waals surface area (Å²) in [5, 5.41) is 0.674. The van der Waals surface area contributed by atoms with Crippen LogP contribution >= 0.6 is 11.6 Å². The van der Waals surface area contributed by atoms with Gasteiger partial charge in [-0.05, 0) is 69.6 Å². The molecule has 1 saturated heterocycles. The van der Waals surface area contributed by atoms with Gasteiger partial charge in [-0.25, -0.2) is 0 Å². The van der Waals surface area contributed by atoms with Crippen molar-refractivity contribution in [1.29, 1.82) is 0 Å². The SMILES string of the molecule is Cc1ccc(C2=C(N(C)C3CCN(C)CC3)C(=O)N(CCc3ccc(Cl)cc3)C2=O)cc1. The smallest absolute Gasteiger partial charge is 0.277 e. The van der Waals surface area contributed by atoms with Gasteiger partial charge in [-0.1, -0.05) is 53.6 Å². The van der Waals surface area contributed by atoms with Crippen LogP contribution in [0.1, 0.15) is 29.5 Å². The first-order chi connectivity index (χ1) is 15.3. The number of halogens is 1. The molecule has 0 spiro atoms. The summed E-state index contributed by atoms with van der Waals surface area (Å²) in [6.45, 7) is 4.35. The second-order valence-corrected chi connectivity index (χ2v) is 9.31. The van der Waals surface area contributed by atoms with Gasteiger partial charge >= 0.3 is 0 Å².